The fraction of sp³-hybridized carbons (Fsp3) is 0.379. The predicted octanol–water partition coefficient (Wildman–Crippen LogP) is 0.657. The van der Waals surface area contributed by atoms with Gasteiger partial charge in [-0.25, -0.2) is 0 Å². The summed E-state index contributed by atoms with van der Waals surface area (Å²) >= 11 is 0. The SMILES string of the molecule is O=C(COc1ccc2c(c1)CCC2)NCCCNC(=O)COc1cccc2c1C(=O)N(C1CCC(=O)NC1=O)C2=O. The Kier molecular flexibility index (Phi) is 8.27. The third kappa shape index (κ3) is 6.21. The lowest BCUT2D eigenvalue weighted by Crippen LogP contribution is -2.54. The summed E-state index contributed by atoms with van der Waals surface area (Å²) in [6.45, 7) is 0.119. The van der Waals surface area contributed by atoms with E-state index < -0.39 is 42.2 Å². The molecule has 2 aromatic rings. The Morgan fingerprint density at radius 2 is 1.61 bits per heavy atom. The normalized spacial score (nSPS) is 17.6. The van der Waals surface area contributed by atoms with Gasteiger partial charge in [0, 0.05) is 19.5 Å². The van der Waals surface area contributed by atoms with Crippen molar-refractivity contribution in [1.29, 1.82) is 0 Å². The highest BCUT2D eigenvalue weighted by Gasteiger charge is 2.46. The predicted molar refractivity (Wildman–Crippen MR) is 143 cm³/mol. The number of piperidine rings is 1. The number of hydrogen-bond acceptors (Lipinski definition) is 8. The molecule has 0 radical (unpaired) electrons. The minimum Gasteiger partial charge on any atom is -0.484 e. The number of fused-ring (bicyclic) bond motifs is 2. The molecule has 12 nitrogen and oxygen atoms in total. The second-order valence-corrected chi connectivity index (χ2v) is 10.0. The van der Waals surface area contributed by atoms with Crippen molar-refractivity contribution >= 4 is 35.4 Å². The topological polar surface area (TPSA) is 160 Å². The maximum Gasteiger partial charge on any atom is 0.266 e. The molecule has 1 unspecified atom stereocenters. The number of carbonyl (C=O) groups excluding carboxylic acids is 6. The third-order valence-electron chi connectivity index (χ3n) is 7.23. The summed E-state index contributed by atoms with van der Waals surface area (Å²) < 4.78 is 11.1. The number of aryl methyl sites for hydroxylation is 2. The lowest BCUT2D eigenvalue weighted by atomic mass is 10.0. The highest BCUT2D eigenvalue weighted by atomic mass is 16.5. The Balaban J connectivity index is 1.03. The van der Waals surface area contributed by atoms with Gasteiger partial charge in [-0.2, -0.15) is 0 Å². The number of amides is 6. The maximum absolute atomic E-state index is 13.1. The summed E-state index contributed by atoms with van der Waals surface area (Å²) in [5.74, 6) is -2.54. The van der Waals surface area contributed by atoms with Crippen LogP contribution in [0.4, 0.5) is 0 Å². The van der Waals surface area contributed by atoms with Crippen molar-refractivity contribution < 1.29 is 38.2 Å². The first-order chi connectivity index (χ1) is 19.8. The molecule has 0 spiro atoms. The van der Waals surface area contributed by atoms with Crippen molar-refractivity contribution in [3.8, 4) is 11.5 Å². The maximum atomic E-state index is 13.1. The highest BCUT2D eigenvalue weighted by molar-refractivity contribution is 6.24. The fourth-order valence-electron chi connectivity index (χ4n) is 5.18. The van der Waals surface area contributed by atoms with E-state index in [2.05, 4.69) is 16.0 Å². The number of ether oxygens (including phenoxy) is 2. The van der Waals surface area contributed by atoms with Crippen molar-refractivity contribution in [3.63, 3.8) is 0 Å². The van der Waals surface area contributed by atoms with Crippen LogP contribution in [0.15, 0.2) is 36.4 Å². The molecule has 3 aliphatic rings. The average molecular weight is 563 g/mol. The largest absolute Gasteiger partial charge is 0.484 e. The summed E-state index contributed by atoms with van der Waals surface area (Å²) in [4.78, 5) is 74.9. The third-order valence-corrected chi connectivity index (χ3v) is 7.23. The van der Waals surface area contributed by atoms with Crippen LogP contribution in [0.1, 0.15) is 57.5 Å². The van der Waals surface area contributed by atoms with Gasteiger partial charge in [0.05, 0.1) is 11.1 Å². The molecule has 2 heterocycles. The van der Waals surface area contributed by atoms with Crippen molar-refractivity contribution in [2.24, 2.45) is 0 Å². The van der Waals surface area contributed by atoms with Crippen LogP contribution >= 0.6 is 0 Å². The van der Waals surface area contributed by atoms with E-state index in [0.29, 0.717) is 18.7 Å². The molecule has 0 aromatic heterocycles. The van der Waals surface area contributed by atoms with E-state index in [1.54, 1.807) is 0 Å². The number of benzene rings is 2. The number of hydrogen-bond donors (Lipinski definition) is 3. The second-order valence-electron chi connectivity index (χ2n) is 10.0. The summed E-state index contributed by atoms with van der Waals surface area (Å²) in [6, 6.07) is 9.23. The van der Waals surface area contributed by atoms with Crippen LogP contribution in [0.25, 0.3) is 0 Å². The zero-order valence-electron chi connectivity index (χ0n) is 22.3. The van der Waals surface area contributed by atoms with Gasteiger partial charge in [0.15, 0.2) is 13.2 Å². The summed E-state index contributed by atoms with van der Waals surface area (Å²) in [5.41, 5.74) is 2.64. The van der Waals surface area contributed by atoms with Gasteiger partial charge in [0.25, 0.3) is 23.6 Å². The molecule has 0 bridgehead atoms. The molecule has 214 valence electrons. The van der Waals surface area contributed by atoms with E-state index in [-0.39, 0.29) is 48.8 Å². The second kappa shape index (κ2) is 12.2. The van der Waals surface area contributed by atoms with Gasteiger partial charge in [-0.05, 0) is 67.5 Å². The smallest absolute Gasteiger partial charge is 0.266 e. The van der Waals surface area contributed by atoms with Gasteiger partial charge >= 0.3 is 0 Å². The molecule has 2 aromatic carbocycles. The minimum atomic E-state index is -1.10. The summed E-state index contributed by atoms with van der Waals surface area (Å²) in [6.07, 6.45) is 3.78. The number of imide groups is 2. The Bertz CT molecular complexity index is 1420. The minimum absolute atomic E-state index is 0.0138. The first-order valence-electron chi connectivity index (χ1n) is 13.6. The van der Waals surface area contributed by atoms with Gasteiger partial charge in [0.2, 0.25) is 11.8 Å². The van der Waals surface area contributed by atoms with Crippen molar-refractivity contribution in [2.75, 3.05) is 26.3 Å². The Morgan fingerprint density at radius 3 is 2.37 bits per heavy atom. The van der Waals surface area contributed by atoms with Crippen LogP contribution in [-0.4, -0.2) is 72.7 Å². The quantitative estimate of drug-likeness (QED) is 0.266. The Hall–Kier alpha value is -4.74. The molecule has 1 saturated heterocycles. The molecular weight excluding hydrogens is 532 g/mol. The van der Waals surface area contributed by atoms with E-state index in [4.69, 9.17) is 9.47 Å². The summed E-state index contributed by atoms with van der Waals surface area (Å²) in [7, 11) is 0. The van der Waals surface area contributed by atoms with Crippen molar-refractivity contribution in [1.82, 2.24) is 20.9 Å². The molecule has 2 aliphatic heterocycles. The zero-order chi connectivity index (χ0) is 28.9. The van der Waals surface area contributed by atoms with Gasteiger partial charge in [-0.1, -0.05) is 12.1 Å². The zero-order valence-corrected chi connectivity index (χ0v) is 22.3. The lowest BCUT2D eigenvalue weighted by Gasteiger charge is -2.27. The van der Waals surface area contributed by atoms with Crippen LogP contribution in [-0.2, 0) is 32.0 Å². The van der Waals surface area contributed by atoms with E-state index >= 15 is 0 Å². The van der Waals surface area contributed by atoms with Crippen molar-refractivity contribution in [3.05, 3.63) is 58.7 Å². The summed E-state index contributed by atoms with van der Waals surface area (Å²) in [5, 5.41) is 7.56. The van der Waals surface area contributed by atoms with Gasteiger partial charge in [-0.3, -0.25) is 39.0 Å². The molecule has 1 fully saturated rings. The Morgan fingerprint density at radius 1 is 0.878 bits per heavy atom. The Labute approximate surface area is 235 Å². The molecule has 6 amide bonds. The lowest BCUT2D eigenvalue weighted by molar-refractivity contribution is -0.136. The van der Waals surface area contributed by atoms with Crippen LogP contribution < -0.4 is 25.4 Å². The average Bonchev–Trinajstić information content (AvgIpc) is 3.53. The monoisotopic (exact) mass is 562 g/mol. The van der Waals surface area contributed by atoms with Crippen molar-refractivity contribution in [2.45, 2.75) is 44.6 Å². The number of rotatable bonds is 11. The molecule has 1 aliphatic carbocycles. The van der Waals surface area contributed by atoms with Crippen LogP contribution in [0.2, 0.25) is 0 Å². The molecule has 1 atom stereocenters. The van der Waals surface area contributed by atoms with Crippen LogP contribution in [0.3, 0.4) is 0 Å². The first kappa shape index (κ1) is 27.8. The van der Waals surface area contributed by atoms with Gasteiger partial charge < -0.3 is 20.1 Å². The molecule has 0 saturated carbocycles. The van der Waals surface area contributed by atoms with Crippen LogP contribution in [0.5, 0.6) is 11.5 Å². The van der Waals surface area contributed by atoms with E-state index in [0.717, 1.165) is 24.2 Å². The number of carbonyl (C=O) groups is 6. The first-order valence-corrected chi connectivity index (χ1v) is 13.6. The molecule has 12 heteroatoms. The fourth-order valence-corrected chi connectivity index (χ4v) is 5.18. The molecule has 41 heavy (non-hydrogen) atoms. The highest BCUT2D eigenvalue weighted by Crippen LogP contribution is 2.33. The molecular formula is C29H30N4O8. The van der Waals surface area contributed by atoms with E-state index in [1.165, 1.54) is 29.3 Å². The van der Waals surface area contributed by atoms with Crippen LogP contribution in [0, 0.1) is 0 Å². The molecule has 5 rings (SSSR count). The number of nitrogens with one attached hydrogen (secondary N) is 3. The standard InChI is InChI=1S/C29H30N4O8/c34-23-11-10-21(27(37)32-23)33-28(38)20-6-2-7-22(26(20)29(33)39)41-16-25(36)31-13-3-12-30-24(35)15-40-19-9-8-17-4-1-5-18(17)14-19/h2,6-9,14,21H,1,3-5,10-13,15-16H2,(H,30,35)(H,31,36)(H,32,34,37). The van der Waals surface area contributed by atoms with Gasteiger partial charge in [-0.15, -0.1) is 0 Å². The van der Waals surface area contributed by atoms with E-state index in [1.807, 2.05) is 18.2 Å². The number of nitrogens with zero attached hydrogens (tertiary/aromatic N) is 1. The molecule has 3 N–H and O–H groups in total. The van der Waals surface area contributed by atoms with Gasteiger partial charge in [0.1, 0.15) is 17.5 Å². The van der Waals surface area contributed by atoms with E-state index in [9.17, 15) is 28.8 Å².